The van der Waals surface area contributed by atoms with E-state index in [0.717, 1.165) is 27.7 Å². The Morgan fingerprint density at radius 2 is 2.30 bits per heavy atom. The van der Waals surface area contributed by atoms with Crippen LogP contribution < -0.4 is 10.1 Å². The van der Waals surface area contributed by atoms with Crippen LogP contribution >= 0.6 is 11.3 Å². The third kappa shape index (κ3) is 3.00. The van der Waals surface area contributed by atoms with Crippen molar-refractivity contribution in [3.05, 3.63) is 59.5 Å². The van der Waals surface area contributed by atoms with Crippen molar-refractivity contribution in [1.29, 1.82) is 0 Å². The number of aromatic nitrogens is 1. The summed E-state index contributed by atoms with van der Waals surface area (Å²) in [7, 11) is 0. The molecule has 0 aliphatic rings. The fraction of sp³-hybridized carbons (Fsp3) is 0.133. The van der Waals surface area contributed by atoms with Crippen LogP contribution in [0.2, 0.25) is 0 Å². The van der Waals surface area contributed by atoms with Gasteiger partial charge in [0.05, 0.1) is 12.5 Å². The smallest absolute Gasteiger partial charge is 0.187 e. The first kappa shape index (κ1) is 12.7. The fourth-order valence-electron chi connectivity index (χ4n) is 1.78. The lowest BCUT2D eigenvalue weighted by Crippen LogP contribution is -1.97. The zero-order chi connectivity index (χ0) is 13.8. The first-order valence-electron chi connectivity index (χ1n) is 6.22. The molecule has 0 spiro atoms. The Kier molecular flexibility index (Phi) is 3.69. The van der Waals surface area contributed by atoms with E-state index in [2.05, 4.69) is 10.3 Å². The molecule has 0 saturated heterocycles. The quantitative estimate of drug-likeness (QED) is 0.756. The summed E-state index contributed by atoms with van der Waals surface area (Å²) in [5, 5.41) is 6.06. The minimum absolute atomic E-state index is 0.498. The maximum absolute atomic E-state index is 5.82. The molecule has 4 nitrogen and oxygen atoms in total. The summed E-state index contributed by atoms with van der Waals surface area (Å²) in [6, 6.07) is 7.92. The van der Waals surface area contributed by atoms with Crippen LogP contribution in [-0.4, -0.2) is 4.98 Å². The number of nitrogens with zero attached hydrogens (tertiary/aromatic N) is 1. The van der Waals surface area contributed by atoms with Gasteiger partial charge in [-0.3, -0.25) is 0 Å². The van der Waals surface area contributed by atoms with E-state index in [1.165, 1.54) is 0 Å². The zero-order valence-corrected chi connectivity index (χ0v) is 11.8. The number of hydrogen-bond acceptors (Lipinski definition) is 5. The molecule has 0 atom stereocenters. The highest BCUT2D eigenvalue weighted by Crippen LogP contribution is 2.26. The normalized spacial score (nSPS) is 10.4. The topological polar surface area (TPSA) is 47.3 Å². The van der Waals surface area contributed by atoms with Gasteiger partial charge in [-0.15, -0.1) is 11.3 Å². The molecule has 5 heteroatoms. The number of nitrogens with one attached hydrogen (secondary N) is 1. The van der Waals surface area contributed by atoms with Gasteiger partial charge in [0.2, 0.25) is 0 Å². The number of hydrogen-bond donors (Lipinski definition) is 1. The molecule has 0 aliphatic heterocycles. The molecule has 1 aromatic carbocycles. The Balaban J connectivity index is 1.72. The summed E-state index contributed by atoms with van der Waals surface area (Å²) in [5.41, 5.74) is 3.08. The molecule has 0 unspecified atom stereocenters. The van der Waals surface area contributed by atoms with E-state index in [1.807, 2.05) is 36.6 Å². The van der Waals surface area contributed by atoms with Crippen LogP contribution in [0.15, 0.2) is 52.8 Å². The first-order chi connectivity index (χ1) is 9.81. The molecule has 0 bridgehead atoms. The molecule has 2 heterocycles. The van der Waals surface area contributed by atoms with Crippen LogP contribution in [0.5, 0.6) is 5.75 Å². The lowest BCUT2D eigenvalue weighted by atomic mass is 10.2. The highest BCUT2D eigenvalue weighted by atomic mass is 32.1. The van der Waals surface area contributed by atoms with Crippen LogP contribution in [0.1, 0.15) is 11.1 Å². The van der Waals surface area contributed by atoms with Gasteiger partial charge in [0.25, 0.3) is 0 Å². The number of thiazole rings is 1. The van der Waals surface area contributed by atoms with Gasteiger partial charge in [-0.2, -0.15) is 0 Å². The van der Waals surface area contributed by atoms with Crippen molar-refractivity contribution in [2.24, 2.45) is 0 Å². The Labute approximate surface area is 121 Å². The van der Waals surface area contributed by atoms with Gasteiger partial charge in [0.1, 0.15) is 12.4 Å². The van der Waals surface area contributed by atoms with Gasteiger partial charge in [0.15, 0.2) is 5.13 Å². The first-order valence-corrected chi connectivity index (χ1v) is 7.10. The number of furan rings is 1. The van der Waals surface area contributed by atoms with Crippen LogP contribution in [-0.2, 0) is 6.61 Å². The zero-order valence-electron chi connectivity index (χ0n) is 11.0. The average Bonchev–Trinajstić information content (AvgIpc) is 3.12. The van der Waals surface area contributed by atoms with E-state index in [1.54, 1.807) is 30.1 Å². The van der Waals surface area contributed by atoms with E-state index in [0.29, 0.717) is 6.61 Å². The summed E-state index contributed by atoms with van der Waals surface area (Å²) in [6.45, 7) is 2.52. The van der Waals surface area contributed by atoms with Gasteiger partial charge >= 0.3 is 0 Å². The molecule has 0 aliphatic carbocycles. The average molecular weight is 286 g/mol. The predicted octanol–water partition coefficient (Wildman–Crippen LogP) is 4.37. The maximum atomic E-state index is 5.82. The number of ether oxygens (including phenoxy) is 1. The van der Waals surface area contributed by atoms with Crippen molar-refractivity contribution in [3.8, 4) is 5.75 Å². The monoisotopic (exact) mass is 286 g/mol. The predicted molar refractivity (Wildman–Crippen MR) is 79.6 cm³/mol. The van der Waals surface area contributed by atoms with E-state index in [9.17, 15) is 0 Å². The van der Waals surface area contributed by atoms with Crippen molar-refractivity contribution >= 4 is 22.2 Å². The second-order valence-electron chi connectivity index (χ2n) is 4.36. The maximum Gasteiger partial charge on any atom is 0.187 e. The van der Waals surface area contributed by atoms with E-state index >= 15 is 0 Å². The molecular weight excluding hydrogens is 272 g/mol. The molecule has 0 saturated carbocycles. The third-order valence-electron chi connectivity index (χ3n) is 2.85. The van der Waals surface area contributed by atoms with E-state index < -0.39 is 0 Å². The van der Waals surface area contributed by atoms with Crippen molar-refractivity contribution in [2.45, 2.75) is 13.5 Å². The second kappa shape index (κ2) is 5.79. The summed E-state index contributed by atoms with van der Waals surface area (Å²) in [5.74, 6) is 0.854. The lowest BCUT2D eigenvalue weighted by molar-refractivity contribution is 0.303. The molecule has 2 aromatic heterocycles. The van der Waals surface area contributed by atoms with Crippen LogP contribution in [0.25, 0.3) is 0 Å². The molecule has 3 aromatic rings. The molecular formula is C15H14N2O2S. The molecule has 1 N–H and O–H groups in total. The van der Waals surface area contributed by atoms with Crippen molar-refractivity contribution in [1.82, 2.24) is 4.98 Å². The Morgan fingerprint density at radius 3 is 3.05 bits per heavy atom. The van der Waals surface area contributed by atoms with E-state index in [-0.39, 0.29) is 0 Å². The van der Waals surface area contributed by atoms with Gasteiger partial charge in [0, 0.05) is 28.9 Å². The molecule has 0 fully saturated rings. The number of aryl methyl sites for hydroxylation is 1. The van der Waals surface area contributed by atoms with Gasteiger partial charge in [-0.05, 0) is 24.6 Å². The highest BCUT2D eigenvalue weighted by molar-refractivity contribution is 7.13. The molecule has 3 rings (SSSR count). The fourth-order valence-corrected chi connectivity index (χ4v) is 2.33. The minimum Gasteiger partial charge on any atom is -0.488 e. The Hall–Kier alpha value is -2.27. The third-order valence-corrected chi connectivity index (χ3v) is 3.53. The van der Waals surface area contributed by atoms with Crippen molar-refractivity contribution in [2.75, 3.05) is 5.32 Å². The van der Waals surface area contributed by atoms with Crippen molar-refractivity contribution in [3.63, 3.8) is 0 Å². The summed E-state index contributed by atoms with van der Waals surface area (Å²) < 4.78 is 10.9. The molecule has 0 radical (unpaired) electrons. The lowest BCUT2D eigenvalue weighted by Gasteiger charge is -2.10. The summed E-state index contributed by atoms with van der Waals surface area (Å²) in [4.78, 5) is 4.20. The van der Waals surface area contributed by atoms with Gasteiger partial charge in [-0.1, -0.05) is 6.07 Å². The van der Waals surface area contributed by atoms with Crippen LogP contribution in [0, 0.1) is 6.92 Å². The minimum atomic E-state index is 0.498. The van der Waals surface area contributed by atoms with E-state index in [4.69, 9.17) is 9.15 Å². The Bertz CT molecular complexity index is 663. The molecule has 0 amide bonds. The SMILES string of the molecule is Cc1ccc(Nc2nccs2)cc1OCc1ccoc1. The van der Waals surface area contributed by atoms with Crippen LogP contribution in [0.3, 0.4) is 0 Å². The Morgan fingerprint density at radius 1 is 1.35 bits per heavy atom. The standard InChI is InChI=1S/C15H14N2O2S/c1-11-2-3-13(17-15-16-5-7-20-15)8-14(11)19-10-12-4-6-18-9-12/h2-9H,10H2,1H3,(H,16,17). The van der Waals surface area contributed by atoms with Crippen molar-refractivity contribution < 1.29 is 9.15 Å². The molecule has 102 valence electrons. The van der Waals surface area contributed by atoms with Gasteiger partial charge < -0.3 is 14.5 Å². The van der Waals surface area contributed by atoms with Gasteiger partial charge in [-0.25, -0.2) is 4.98 Å². The number of rotatable bonds is 5. The largest absolute Gasteiger partial charge is 0.488 e. The summed E-state index contributed by atoms with van der Waals surface area (Å²) >= 11 is 1.56. The summed E-state index contributed by atoms with van der Waals surface area (Å²) in [6.07, 6.45) is 5.11. The highest BCUT2D eigenvalue weighted by Gasteiger charge is 2.04. The second-order valence-corrected chi connectivity index (χ2v) is 5.26. The number of anilines is 2. The van der Waals surface area contributed by atoms with Crippen LogP contribution in [0.4, 0.5) is 10.8 Å². The molecule has 20 heavy (non-hydrogen) atoms. The number of benzene rings is 1.